The van der Waals surface area contributed by atoms with Crippen LogP contribution in [-0.2, 0) is 5.88 Å². The lowest BCUT2D eigenvalue weighted by Crippen LogP contribution is -2.23. The first-order valence-electron chi connectivity index (χ1n) is 5.86. The molecule has 0 saturated carbocycles. The smallest absolute Gasteiger partial charge is 0.278 e. The summed E-state index contributed by atoms with van der Waals surface area (Å²) in [5.41, 5.74) is 11.3. The Morgan fingerprint density at radius 1 is 1.10 bits per heavy atom. The van der Waals surface area contributed by atoms with Gasteiger partial charge in [0.05, 0.1) is 11.3 Å². The molecule has 3 rings (SSSR count). The van der Waals surface area contributed by atoms with Gasteiger partial charge in [0.15, 0.2) is 5.16 Å². The Balaban J connectivity index is 1.88. The molecule has 0 bridgehead atoms. The highest BCUT2D eigenvalue weighted by Gasteiger charge is 2.07. The van der Waals surface area contributed by atoms with Crippen LogP contribution in [0.1, 0.15) is 0 Å². The molecule has 4 N–H and O–H groups in total. The maximum Gasteiger partial charge on any atom is 0.278 e. The van der Waals surface area contributed by atoms with E-state index >= 15 is 0 Å². The highest BCUT2D eigenvalue weighted by Crippen LogP contribution is 2.15. The van der Waals surface area contributed by atoms with Crippen LogP contribution in [-0.4, -0.2) is 29.9 Å². The maximum absolute atomic E-state index is 12.2. The number of thioether (sulfide) groups is 1. The molecule has 106 valence electrons. The van der Waals surface area contributed by atoms with E-state index in [-0.39, 0.29) is 23.3 Å². The van der Waals surface area contributed by atoms with E-state index in [0.29, 0.717) is 16.1 Å². The van der Waals surface area contributed by atoms with E-state index in [9.17, 15) is 4.79 Å². The molecular weight excluding hydrogens is 292 g/mol. The van der Waals surface area contributed by atoms with Crippen molar-refractivity contribution in [2.24, 2.45) is 0 Å². The Labute approximate surface area is 122 Å². The highest BCUT2D eigenvalue weighted by atomic mass is 32.2. The molecule has 2 aromatic heterocycles. The van der Waals surface area contributed by atoms with Crippen LogP contribution < -0.4 is 17.0 Å². The predicted octanol–water partition coefficient (Wildman–Crippen LogP) is -0.109. The SMILES string of the molecule is Nc1nc(N)nc(SCn2nnc3ccccc3c2=O)n1. The molecule has 0 atom stereocenters. The zero-order valence-corrected chi connectivity index (χ0v) is 11.5. The average molecular weight is 302 g/mol. The van der Waals surface area contributed by atoms with Crippen LogP contribution in [0.5, 0.6) is 0 Å². The molecule has 0 radical (unpaired) electrons. The summed E-state index contributed by atoms with van der Waals surface area (Å²) in [4.78, 5) is 23.7. The fourth-order valence-electron chi connectivity index (χ4n) is 1.68. The number of aromatic nitrogens is 6. The Hall–Kier alpha value is -2.75. The lowest BCUT2D eigenvalue weighted by Gasteiger charge is -2.04. The third kappa shape index (κ3) is 2.74. The molecule has 0 aliphatic heterocycles. The van der Waals surface area contributed by atoms with Gasteiger partial charge < -0.3 is 11.5 Å². The van der Waals surface area contributed by atoms with Crippen LogP contribution in [0.4, 0.5) is 11.9 Å². The van der Waals surface area contributed by atoms with Gasteiger partial charge in [-0.2, -0.15) is 19.6 Å². The number of fused-ring (bicyclic) bond motifs is 1. The molecule has 3 aromatic rings. The fraction of sp³-hybridized carbons (Fsp3) is 0.0909. The molecule has 0 unspecified atom stereocenters. The molecule has 0 aliphatic carbocycles. The Bertz CT molecular complexity index is 844. The highest BCUT2D eigenvalue weighted by molar-refractivity contribution is 7.98. The standard InChI is InChI=1S/C11H10N8OS/c12-9-14-10(13)16-11(15-9)21-5-19-8(20)6-3-1-2-4-7(6)17-18-19/h1-4H,5H2,(H4,12,13,14,15,16). The predicted molar refractivity (Wildman–Crippen MR) is 78.3 cm³/mol. The molecule has 0 fully saturated rings. The second kappa shape index (κ2) is 5.32. The number of rotatable bonds is 3. The summed E-state index contributed by atoms with van der Waals surface area (Å²) in [7, 11) is 0. The largest absolute Gasteiger partial charge is 0.368 e. The van der Waals surface area contributed by atoms with Crippen molar-refractivity contribution in [2.75, 3.05) is 11.5 Å². The van der Waals surface area contributed by atoms with E-state index in [2.05, 4.69) is 25.3 Å². The van der Waals surface area contributed by atoms with E-state index < -0.39 is 0 Å². The van der Waals surface area contributed by atoms with Gasteiger partial charge in [0.2, 0.25) is 11.9 Å². The van der Waals surface area contributed by atoms with E-state index in [4.69, 9.17) is 11.5 Å². The molecule has 1 aromatic carbocycles. The normalized spacial score (nSPS) is 10.9. The molecular formula is C11H10N8OS. The lowest BCUT2D eigenvalue weighted by molar-refractivity contribution is 0.643. The van der Waals surface area contributed by atoms with Crippen molar-refractivity contribution in [1.29, 1.82) is 0 Å². The first-order valence-corrected chi connectivity index (χ1v) is 6.84. The number of nitrogen functional groups attached to an aromatic ring is 2. The van der Waals surface area contributed by atoms with Gasteiger partial charge in [0, 0.05) is 0 Å². The number of nitrogens with two attached hydrogens (primary N) is 2. The minimum absolute atomic E-state index is 0.0296. The molecule has 9 nitrogen and oxygen atoms in total. The van der Waals surface area contributed by atoms with Crippen molar-refractivity contribution in [3.63, 3.8) is 0 Å². The van der Waals surface area contributed by atoms with Crippen molar-refractivity contribution in [1.82, 2.24) is 29.9 Å². The quantitative estimate of drug-likeness (QED) is 0.634. The summed E-state index contributed by atoms with van der Waals surface area (Å²) in [6.07, 6.45) is 0. The van der Waals surface area contributed by atoms with E-state index in [1.165, 1.54) is 4.68 Å². The van der Waals surface area contributed by atoms with Gasteiger partial charge in [-0.05, 0) is 12.1 Å². The number of hydrogen-bond donors (Lipinski definition) is 2. The van der Waals surface area contributed by atoms with Crippen LogP contribution >= 0.6 is 11.8 Å². The van der Waals surface area contributed by atoms with Gasteiger partial charge in [-0.3, -0.25) is 4.79 Å². The molecule has 0 amide bonds. The third-order valence-electron chi connectivity index (χ3n) is 2.59. The van der Waals surface area contributed by atoms with Gasteiger partial charge in [0.25, 0.3) is 5.56 Å². The summed E-state index contributed by atoms with van der Waals surface area (Å²) in [5, 5.41) is 8.68. The fourth-order valence-corrected chi connectivity index (χ4v) is 2.40. The molecule has 2 heterocycles. The number of anilines is 2. The lowest BCUT2D eigenvalue weighted by atomic mass is 10.2. The maximum atomic E-state index is 12.2. The number of benzene rings is 1. The summed E-state index contributed by atoms with van der Waals surface area (Å²) < 4.78 is 1.23. The van der Waals surface area contributed by atoms with Crippen molar-refractivity contribution < 1.29 is 0 Å². The molecule has 0 saturated heterocycles. The summed E-state index contributed by atoms with van der Waals surface area (Å²) in [6.45, 7) is 0. The third-order valence-corrected chi connectivity index (χ3v) is 3.41. The van der Waals surface area contributed by atoms with Crippen molar-refractivity contribution in [3.05, 3.63) is 34.6 Å². The van der Waals surface area contributed by atoms with Gasteiger partial charge >= 0.3 is 0 Å². The first-order chi connectivity index (χ1) is 10.1. The van der Waals surface area contributed by atoms with Gasteiger partial charge in [-0.1, -0.05) is 29.1 Å². The van der Waals surface area contributed by atoms with Crippen molar-refractivity contribution >= 4 is 34.6 Å². The zero-order valence-electron chi connectivity index (χ0n) is 10.7. The molecule has 0 spiro atoms. The van der Waals surface area contributed by atoms with Gasteiger partial charge in [0.1, 0.15) is 5.52 Å². The second-order valence-corrected chi connectivity index (χ2v) is 4.93. The van der Waals surface area contributed by atoms with Crippen molar-refractivity contribution in [3.8, 4) is 0 Å². The van der Waals surface area contributed by atoms with Crippen molar-refractivity contribution in [2.45, 2.75) is 11.0 Å². The number of hydrogen-bond acceptors (Lipinski definition) is 9. The van der Waals surface area contributed by atoms with Crippen LogP contribution in [0.3, 0.4) is 0 Å². The van der Waals surface area contributed by atoms with E-state index in [1.807, 2.05) is 0 Å². The van der Waals surface area contributed by atoms with Crippen LogP contribution in [0.15, 0.2) is 34.2 Å². The summed E-state index contributed by atoms with van der Waals surface area (Å²) >= 11 is 1.16. The van der Waals surface area contributed by atoms with Crippen LogP contribution in [0, 0.1) is 0 Å². The molecule has 0 aliphatic rings. The Morgan fingerprint density at radius 3 is 2.57 bits per heavy atom. The summed E-state index contributed by atoms with van der Waals surface area (Å²) in [5.74, 6) is 0.253. The second-order valence-electron chi connectivity index (χ2n) is 4.02. The Morgan fingerprint density at radius 2 is 1.81 bits per heavy atom. The van der Waals surface area contributed by atoms with E-state index in [0.717, 1.165) is 11.8 Å². The summed E-state index contributed by atoms with van der Waals surface area (Å²) in [6, 6.07) is 7.00. The van der Waals surface area contributed by atoms with E-state index in [1.54, 1.807) is 24.3 Å². The topological polar surface area (TPSA) is 138 Å². The number of nitrogens with zero attached hydrogens (tertiary/aromatic N) is 6. The molecule has 21 heavy (non-hydrogen) atoms. The minimum Gasteiger partial charge on any atom is -0.368 e. The first kappa shape index (κ1) is 13.2. The average Bonchev–Trinajstić information content (AvgIpc) is 2.46. The van der Waals surface area contributed by atoms with Crippen LogP contribution in [0.25, 0.3) is 10.9 Å². The van der Waals surface area contributed by atoms with Gasteiger partial charge in [-0.25, -0.2) is 0 Å². The Kier molecular flexibility index (Phi) is 3.36. The monoisotopic (exact) mass is 302 g/mol. The zero-order chi connectivity index (χ0) is 14.8. The van der Waals surface area contributed by atoms with Gasteiger partial charge in [-0.15, -0.1) is 5.10 Å². The minimum atomic E-state index is -0.233. The van der Waals surface area contributed by atoms with Crippen LogP contribution in [0.2, 0.25) is 0 Å². The molecule has 10 heteroatoms.